The van der Waals surface area contributed by atoms with Crippen molar-refractivity contribution in [2.24, 2.45) is 5.92 Å². The monoisotopic (exact) mass is 243 g/mol. The molecule has 0 aromatic rings. The molecule has 0 aromatic heterocycles. The molecule has 1 atom stereocenters. The summed E-state index contributed by atoms with van der Waals surface area (Å²) in [5.74, 6) is 0.244. The molecule has 2 aliphatic heterocycles. The second-order valence-electron chi connectivity index (χ2n) is 4.57. The lowest BCUT2D eigenvalue weighted by molar-refractivity contribution is -0.153. The fourth-order valence-corrected chi connectivity index (χ4v) is 2.65. The molecule has 5 heteroatoms. The first-order valence-electron chi connectivity index (χ1n) is 6.30. The van der Waals surface area contributed by atoms with Gasteiger partial charge < -0.3 is 14.2 Å². The summed E-state index contributed by atoms with van der Waals surface area (Å²) in [7, 11) is 1.47. The smallest absolute Gasteiger partial charge is 0.323 e. The highest BCUT2D eigenvalue weighted by molar-refractivity contribution is 5.76. The van der Waals surface area contributed by atoms with Crippen molar-refractivity contribution in [2.45, 2.75) is 18.9 Å². The summed E-state index contributed by atoms with van der Waals surface area (Å²) >= 11 is 0. The standard InChI is InChI=1S/C12H21NO4/c1-15-12(14)11(10-2-6-16-7-3-10)13-4-8-17-9-5-13/h10-11H,2-9H2,1H3. The Balaban J connectivity index is 2.02. The molecule has 0 amide bonds. The molecule has 2 fully saturated rings. The van der Waals surface area contributed by atoms with Gasteiger partial charge in [0.15, 0.2) is 0 Å². The molecule has 1 unspecified atom stereocenters. The Labute approximate surface area is 102 Å². The average molecular weight is 243 g/mol. The molecule has 2 saturated heterocycles. The van der Waals surface area contributed by atoms with E-state index in [-0.39, 0.29) is 12.0 Å². The molecule has 98 valence electrons. The third kappa shape index (κ3) is 3.18. The number of hydrogen-bond acceptors (Lipinski definition) is 5. The lowest BCUT2D eigenvalue weighted by Gasteiger charge is -2.38. The van der Waals surface area contributed by atoms with Crippen LogP contribution in [0.25, 0.3) is 0 Å². The van der Waals surface area contributed by atoms with Gasteiger partial charge in [-0.2, -0.15) is 0 Å². The number of ether oxygens (including phenoxy) is 3. The van der Waals surface area contributed by atoms with Crippen molar-refractivity contribution in [3.63, 3.8) is 0 Å². The molecule has 17 heavy (non-hydrogen) atoms. The van der Waals surface area contributed by atoms with E-state index in [4.69, 9.17) is 14.2 Å². The van der Waals surface area contributed by atoms with Gasteiger partial charge in [0.05, 0.1) is 20.3 Å². The molecule has 0 N–H and O–H groups in total. The molecular formula is C12H21NO4. The van der Waals surface area contributed by atoms with Gasteiger partial charge >= 0.3 is 5.97 Å². The number of morpholine rings is 1. The van der Waals surface area contributed by atoms with Gasteiger partial charge in [-0.3, -0.25) is 9.69 Å². The number of hydrogen-bond donors (Lipinski definition) is 0. The summed E-state index contributed by atoms with van der Waals surface area (Å²) in [6, 6.07) is -0.118. The summed E-state index contributed by atoms with van der Waals surface area (Å²) < 4.78 is 15.6. The Hall–Kier alpha value is -0.650. The van der Waals surface area contributed by atoms with Crippen molar-refractivity contribution >= 4 is 5.97 Å². The van der Waals surface area contributed by atoms with Crippen molar-refractivity contribution in [1.82, 2.24) is 4.90 Å². The first kappa shape index (κ1) is 12.8. The van der Waals surface area contributed by atoms with E-state index in [0.29, 0.717) is 19.1 Å². The summed E-state index contributed by atoms with van der Waals surface area (Å²) in [6.07, 6.45) is 1.88. The number of carbonyl (C=O) groups is 1. The molecule has 0 radical (unpaired) electrons. The van der Waals surface area contributed by atoms with E-state index in [9.17, 15) is 4.79 Å². The molecule has 0 spiro atoms. The highest BCUT2D eigenvalue weighted by atomic mass is 16.5. The van der Waals surface area contributed by atoms with Crippen LogP contribution < -0.4 is 0 Å². The van der Waals surface area contributed by atoms with E-state index in [1.807, 2.05) is 0 Å². The quantitative estimate of drug-likeness (QED) is 0.667. The predicted molar refractivity (Wildman–Crippen MR) is 61.7 cm³/mol. The summed E-state index contributed by atoms with van der Waals surface area (Å²) in [6.45, 7) is 4.55. The molecule has 0 bridgehead atoms. The van der Waals surface area contributed by atoms with Gasteiger partial charge in [-0.05, 0) is 18.8 Å². The average Bonchev–Trinajstić information content (AvgIpc) is 2.41. The van der Waals surface area contributed by atoms with Crippen molar-refractivity contribution < 1.29 is 19.0 Å². The van der Waals surface area contributed by atoms with Crippen LogP contribution in [-0.2, 0) is 19.0 Å². The largest absolute Gasteiger partial charge is 0.468 e. The fraction of sp³-hybridized carbons (Fsp3) is 0.917. The minimum atomic E-state index is -0.118. The molecule has 0 aromatic carbocycles. The van der Waals surface area contributed by atoms with Gasteiger partial charge in [0.1, 0.15) is 6.04 Å². The Morgan fingerprint density at radius 1 is 1.18 bits per heavy atom. The molecule has 2 rings (SSSR count). The lowest BCUT2D eigenvalue weighted by atomic mass is 9.90. The second kappa shape index (κ2) is 6.33. The third-order valence-electron chi connectivity index (χ3n) is 3.59. The van der Waals surface area contributed by atoms with E-state index in [1.165, 1.54) is 7.11 Å². The van der Waals surface area contributed by atoms with Crippen LogP contribution in [0.1, 0.15) is 12.8 Å². The van der Waals surface area contributed by atoms with Crippen LogP contribution in [0.4, 0.5) is 0 Å². The van der Waals surface area contributed by atoms with Gasteiger partial charge in [-0.15, -0.1) is 0 Å². The maximum absolute atomic E-state index is 12.0. The van der Waals surface area contributed by atoms with Gasteiger partial charge in [0, 0.05) is 26.3 Å². The topological polar surface area (TPSA) is 48.0 Å². The number of methoxy groups -OCH3 is 1. The van der Waals surface area contributed by atoms with Gasteiger partial charge in [-0.25, -0.2) is 0 Å². The number of nitrogens with zero attached hydrogens (tertiary/aromatic N) is 1. The molecular weight excluding hydrogens is 222 g/mol. The third-order valence-corrected chi connectivity index (χ3v) is 3.59. The highest BCUT2D eigenvalue weighted by Crippen LogP contribution is 2.24. The Morgan fingerprint density at radius 2 is 1.76 bits per heavy atom. The summed E-state index contributed by atoms with van der Waals surface area (Å²) in [5, 5.41) is 0. The van der Waals surface area contributed by atoms with Gasteiger partial charge in [0.2, 0.25) is 0 Å². The molecule has 2 heterocycles. The van der Waals surface area contributed by atoms with Crippen molar-refractivity contribution in [3.8, 4) is 0 Å². The van der Waals surface area contributed by atoms with Crippen LogP contribution in [0.3, 0.4) is 0 Å². The zero-order valence-electron chi connectivity index (χ0n) is 10.4. The number of carbonyl (C=O) groups excluding carboxylic acids is 1. The minimum absolute atomic E-state index is 0.112. The van der Waals surface area contributed by atoms with E-state index >= 15 is 0 Å². The van der Waals surface area contributed by atoms with E-state index < -0.39 is 0 Å². The molecule has 2 aliphatic rings. The van der Waals surface area contributed by atoms with Crippen molar-refractivity contribution in [3.05, 3.63) is 0 Å². The maximum Gasteiger partial charge on any atom is 0.323 e. The van der Waals surface area contributed by atoms with Crippen molar-refractivity contribution in [1.29, 1.82) is 0 Å². The Bertz CT molecular complexity index is 229. The first-order valence-corrected chi connectivity index (χ1v) is 6.30. The first-order chi connectivity index (χ1) is 8.33. The van der Waals surface area contributed by atoms with Crippen molar-refractivity contribution in [2.75, 3.05) is 46.6 Å². The Kier molecular flexibility index (Phi) is 4.76. The van der Waals surface area contributed by atoms with Crippen LogP contribution in [-0.4, -0.2) is 63.5 Å². The van der Waals surface area contributed by atoms with Crippen LogP contribution in [0.2, 0.25) is 0 Å². The zero-order valence-corrected chi connectivity index (χ0v) is 10.4. The van der Waals surface area contributed by atoms with Gasteiger partial charge in [-0.1, -0.05) is 0 Å². The van der Waals surface area contributed by atoms with Crippen LogP contribution in [0.15, 0.2) is 0 Å². The normalized spacial score (nSPS) is 25.5. The number of esters is 1. The predicted octanol–water partition coefficient (Wildman–Crippen LogP) is 0.287. The summed E-state index contributed by atoms with van der Waals surface area (Å²) in [4.78, 5) is 14.2. The van der Waals surface area contributed by atoms with E-state index in [2.05, 4.69) is 4.90 Å². The molecule has 0 aliphatic carbocycles. The molecule has 0 saturated carbocycles. The van der Waals surface area contributed by atoms with Crippen LogP contribution >= 0.6 is 0 Å². The number of rotatable bonds is 3. The fourth-order valence-electron chi connectivity index (χ4n) is 2.65. The second-order valence-corrected chi connectivity index (χ2v) is 4.57. The van der Waals surface area contributed by atoms with Crippen LogP contribution in [0.5, 0.6) is 0 Å². The maximum atomic E-state index is 12.0. The lowest BCUT2D eigenvalue weighted by Crippen LogP contribution is -2.52. The summed E-state index contributed by atoms with van der Waals surface area (Å²) in [5.41, 5.74) is 0. The highest BCUT2D eigenvalue weighted by Gasteiger charge is 2.36. The van der Waals surface area contributed by atoms with Crippen LogP contribution in [0, 0.1) is 5.92 Å². The Morgan fingerprint density at radius 3 is 2.35 bits per heavy atom. The van der Waals surface area contributed by atoms with Gasteiger partial charge in [0.25, 0.3) is 0 Å². The molecule has 5 nitrogen and oxygen atoms in total. The van der Waals surface area contributed by atoms with E-state index in [1.54, 1.807) is 0 Å². The SMILES string of the molecule is COC(=O)C(C1CCOCC1)N1CCOCC1. The zero-order chi connectivity index (χ0) is 12.1. The minimum Gasteiger partial charge on any atom is -0.468 e. The van der Waals surface area contributed by atoms with E-state index in [0.717, 1.165) is 39.1 Å².